The fourth-order valence-corrected chi connectivity index (χ4v) is 1.81. The zero-order valence-electron chi connectivity index (χ0n) is 10.9. The van der Waals surface area contributed by atoms with Gasteiger partial charge in [-0.3, -0.25) is 5.10 Å². The van der Waals surface area contributed by atoms with Crippen LogP contribution in [0.25, 0.3) is 0 Å². The Morgan fingerprint density at radius 2 is 2.00 bits per heavy atom. The van der Waals surface area contributed by atoms with E-state index in [4.69, 9.17) is 4.74 Å². The lowest BCUT2D eigenvalue weighted by Gasteiger charge is -2.07. The zero-order valence-corrected chi connectivity index (χ0v) is 10.9. The van der Waals surface area contributed by atoms with Gasteiger partial charge in [-0.1, -0.05) is 18.2 Å². The molecule has 0 atom stereocenters. The lowest BCUT2D eigenvalue weighted by atomic mass is 10.2. The van der Waals surface area contributed by atoms with Crippen molar-refractivity contribution in [2.75, 3.05) is 13.2 Å². The van der Waals surface area contributed by atoms with Gasteiger partial charge < -0.3 is 10.1 Å². The van der Waals surface area contributed by atoms with Crippen molar-refractivity contribution in [3.8, 4) is 5.75 Å². The van der Waals surface area contributed by atoms with E-state index in [2.05, 4.69) is 15.5 Å². The van der Waals surface area contributed by atoms with Gasteiger partial charge in [-0.25, -0.2) is 0 Å². The van der Waals surface area contributed by atoms with Crippen LogP contribution in [0, 0.1) is 13.8 Å². The molecular formula is C14H19N3O. The molecule has 0 bridgehead atoms. The van der Waals surface area contributed by atoms with E-state index >= 15 is 0 Å². The number of rotatable bonds is 6. The molecule has 0 aliphatic rings. The molecule has 18 heavy (non-hydrogen) atoms. The first kappa shape index (κ1) is 12.6. The molecule has 1 heterocycles. The predicted molar refractivity (Wildman–Crippen MR) is 71.7 cm³/mol. The summed E-state index contributed by atoms with van der Waals surface area (Å²) in [5.74, 6) is 0.912. The van der Waals surface area contributed by atoms with Crippen LogP contribution in [-0.4, -0.2) is 23.3 Å². The van der Waals surface area contributed by atoms with E-state index in [1.165, 1.54) is 5.56 Å². The quantitative estimate of drug-likeness (QED) is 0.767. The molecule has 2 rings (SSSR count). The molecule has 0 saturated carbocycles. The Morgan fingerprint density at radius 1 is 1.22 bits per heavy atom. The number of hydrogen-bond acceptors (Lipinski definition) is 3. The maximum absolute atomic E-state index is 5.60. The van der Waals surface area contributed by atoms with Crippen LogP contribution >= 0.6 is 0 Å². The first-order valence-electron chi connectivity index (χ1n) is 6.16. The van der Waals surface area contributed by atoms with Gasteiger partial charge in [-0.05, 0) is 26.0 Å². The van der Waals surface area contributed by atoms with Crippen LogP contribution in [0.1, 0.15) is 17.0 Å². The summed E-state index contributed by atoms with van der Waals surface area (Å²) in [6, 6.07) is 9.85. The van der Waals surface area contributed by atoms with E-state index in [0.29, 0.717) is 6.61 Å². The monoisotopic (exact) mass is 245 g/mol. The number of aromatic nitrogens is 2. The average Bonchev–Trinajstić information content (AvgIpc) is 2.71. The SMILES string of the molecule is Cc1n[nH]c(C)c1CNCCOc1ccccc1. The van der Waals surface area contributed by atoms with Crippen molar-refractivity contribution in [1.29, 1.82) is 0 Å². The second-order valence-corrected chi connectivity index (χ2v) is 4.25. The molecule has 0 radical (unpaired) electrons. The van der Waals surface area contributed by atoms with Gasteiger partial charge in [0.05, 0.1) is 5.69 Å². The minimum absolute atomic E-state index is 0.667. The summed E-state index contributed by atoms with van der Waals surface area (Å²) < 4.78 is 5.60. The Morgan fingerprint density at radius 3 is 2.67 bits per heavy atom. The predicted octanol–water partition coefficient (Wildman–Crippen LogP) is 2.20. The average molecular weight is 245 g/mol. The Kier molecular flexibility index (Phi) is 4.36. The molecule has 0 aliphatic carbocycles. The molecule has 0 fully saturated rings. The van der Waals surface area contributed by atoms with Gasteiger partial charge in [0.15, 0.2) is 0 Å². The number of nitrogens with zero attached hydrogens (tertiary/aromatic N) is 1. The number of aromatic amines is 1. The van der Waals surface area contributed by atoms with E-state index in [1.807, 2.05) is 44.2 Å². The summed E-state index contributed by atoms with van der Waals surface area (Å²) in [5.41, 5.74) is 3.43. The van der Waals surface area contributed by atoms with Crippen LogP contribution in [0.3, 0.4) is 0 Å². The third-order valence-electron chi connectivity index (χ3n) is 2.87. The van der Waals surface area contributed by atoms with Gasteiger partial charge in [0.2, 0.25) is 0 Å². The first-order valence-corrected chi connectivity index (χ1v) is 6.16. The zero-order chi connectivity index (χ0) is 12.8. The summed E-state index contributed by atoms with van der Waals surface area (Å²) >= 11 is 0. The third kappa shape index (κ3) is 3.34. The maximum Gasteiger partial charge on any atom is 0.119 e. The van der Waals surface area contributed by atoms with Gasteiger partial charge in [-0.2, -0.15) is 5.10 Å². The molecule has 2 N–H and O–H groups in total. The van der Waals surface area contributed by atoms with Crippen molar-refractivity contribution < 1.29 is 4.74 Å². The van der Waals surface area contributed by atoms with Crippen molar-refractivity contribution in [3.63, 3.8) is 0 Å². The Labute approximate surface area is 107 Å². The summed E-state index contributed by atoms with van der Waals surface area (Å²) in [6.07, 6.45) is 0. The van der Waals surface area contributed by atoms with Gasteiger partial charge in [-0.15, -0.1) is 0 Å². The van der Waals surface area contributed by atoms with E-state index in [9.17, 15) is 0 Å². The Balaban J connectivity index is 1.68. The molecule has 4 heteroatoms. The fraction of sp³-hybridized carbons (Fsp3) is 0.357. The van der Waals surface area contributed by atoms with E-state index in [-0.39, 0.29) is 0 Å². The third-order valence-corrected chi connectivity index (χ3v) is 2.87. The number of hydrogen-bond donors (Lipinski definition) is 2. The van der Waals surface area contributed by atoms with Crippen molar-refractivity contribution in [2.45, 2.75) is 20.4 Å². The van der Waals surface area contributed by atoms with Crippen LogP contribution in [0.2, 0.25) is 0 Å². The summed E-state index contributed by atoms with van der Waals surface area (Å²) in [7, 11) is 0. The van der Waals surface area contributed by atoms with Crippen molar-refractivity contribution in [2.24, 2.45) is 0 Å². The number of ether oxygens (including phenoxy) is 1. The lowest BCUT2D eigenvalue weighted by Crippen LogP contribution is -2.21. The highest BCUT2D eigenvalue weighted by molar-refractivity contribution is 5.23. The molecule has 0 spiro atoms. The summed E-state index contributed by atoms with van der Waals surface area (Å²) in [4.78, 5) is 0. The van der Waals surface area contributed by atoms with E-state index in [1.54, 1.807) is 0 Å². The smallest absolute Gasteiger partial charge is 0.119 e. The summed E-state index contributed by atoms with van der Waals surface area (Å²) in [5, 5.41) is 10.5. The highest BCUT2D eigenvalue weighted by Crippen LogP contribution is 2.09. The normalized spacial score (nSPS) is 10.6. The molecule has 96 valence electrons. The van der Waals surface area contributed by atoms with E-state index in [0.717, 1.165) is 30.2 Å². The van der Waals surface area contributed by atoms with Crippen LogP contribution in [0.4, 0.5) is 0 Å². The summed E-state index contributed by atoms with van der Waals surface area (Å²) in [6.45, 7) is 6.36. The van der Waals surface area contributed by atoms with Crippen LogP contribution < -0.4 is 10.1 Å². The van der Waals surface area contributed by atoms with Crippen molar-refractivity contribution >= 4 is 0 Å². The number of para-hydroxylation sites is 1. The molecule has 2 aromatic rings. The second kappa shape index (κ2) is 6.21. The maximum atomic E-state index is 5.60. The molecule has 0 unspecified atom stereocenters. The minimum atomic E-state index is 0.667. The Hall–Kier alpha value is -1.81. The Bertz CT molecular complexity index is 460. The number of benzene rings is 1. The van der Waals surface area contributed by atoms with E-state index < -0.39 is 0 Å². The van der Waals surface area contributed by atoms with Gasteiger partial charge in [0, 0.05) is 24.3 Å². The fourth-order valence-electron chi connectivity index (χ4n) is 1.81. The van der Waals surface area contributed by atoms with Crippen molar-refractivity contribution in [1.82, 2.24) is 15.5 Å². The van der Waals surface area contributed by atoms with Crippen LogP contribution in [-0.2, 0) is 6.54 Å². The molecule has 0 amide bonds. The van der Waals surface area contributed by atoms with Gasteiger partial charge in [0.1, 0.15) is 12.4 Å². The highest BCUT2D eigenvalue weighted by atomic mass is 16.5. The molecular weight excluding hydrogens is 226 g/mol. The second-order valence-electron chi connectivity index (χ2n) is 4.25. The molecule has 1 aromatic heterocycles. The number of aryl methyl sites for hydroxylation is 2. The van der Waals surface area contributed by atoms with Crippen LogP contribution in [0.15, 0.2) is 30.3 Å². The standard InChI is InChI=1S/C14H19N3O/c1-11-14(12(2)17-16-11)10-15-8-9-18-13-6-4-3-5-7-13/h3-7,15H,8-10H2,1-2H3,(H,16,17). The van der Waals surface area contributed by atoms with Gasteiger partial charge >= 0.3 is 0 Å². The topological polar surface area (TPSA) is 49.9 Å². The lowest BCUT2D eigenvalue weighted by molar-refractivity contribution is 0.313. The molecule has 4 nitrogen and oxygen atoms in total. The molecule has 0 saturated heterocycles. The molecule has 0 aliphatic heterocycles. The number of H-pyrrole nitrogens is 1. The first-order chi connectivity index (χ1) is 8.77. The van der Waals surface area contributed by atoms with Crippen molar-refractivity contribution in [3.05, 3.63) is 47.3 Å². The largest absolute Gasteiger partial charge is 0.492 e. The minimum Gasteiger partial charge on any atom is -0.492 e. The van der Waals surface area contributed by atoms with Gasteiger partial charge in [0.25, 0.3) is 0 Å². The highest BCUT2D eigenvalue weighted by Gasteiger charge is 2.04. The number of nitrogens with one attached hydrogen (secondary N) is 2. The van der Waals surface area contributed by atoms with Crippen LogP contribution in [0.5, 0.6) is 5.75 Å². The molecule has 1 aromatic carbocycles.